The molecule has 0 saturated carbocycles. The molecule has 200 valence electrons. The lowest BCUT2D eigenvalue weighted by Gasteiger charge is -2.32. The molecule has 2 saturated heterocycles. The highest BCUT2D eigenvalue weighted by Crippen LogP contribution is 2.37. The van der Waals surface area contributed by atoms with Crippen molar-refractivity contribution in [3.8, 4) is 0 Å². The first-order chi connectivity index (χ1) is 15.7. The first-order valence-corrected chi connectivity index (χ1v) is 11.7. The Balaban J connectivity index is 0.000000341. The number of hydrogen-bond acceptors (Lipinski definition) is 8. The molecule has 36 heavy (non-hydrogen) atoms. The summed E-state index contributed by atoms with van der Waals surface area (Å²) in [6, 6.07) is 7.72. The Bertz CT molecular complexity index is 866. The summed E-state index contributed by atoms with van der Waals surface area (Å²) in [5.74, 6) is 0. The topological polar surface area (TPSA) is 115 Å². The molecule has 0 aromatic carbocycles. The van der Waals surface area contributed by atoms with E-state index in [0.29, 0.717) is 13.1 Å². The van der Waals surface area contributed by atoms with Crippen LogP contribution in [0.25, 0.3) is 0 Å². The summed E-state index contributed by atoms with van der Waals surface area (Å²) >= 11 is 0. The van der Waals surface area contributed by atoms with E-state index in [0.717, 1.165) is 22.3 Å². The Morgan fingerprint density at radius 1 is 0.583 bits per heavy atom. The second-order valence-electron chi connectivity index (χ2n) is 10.8. The van der Waals surface area contributed by atoms with Crippen LogP contribution in [0.2, 0.25) is 0 Å². The van der Waals surface area contributed by atoms with E-state index >= 15 is 0 Å². The van der Waals surface area contributed by atoms with Gasteiger partial charge in [0.2, 0.25) is 0 Å². The van der Waals surface area contributed by atoms with E-state index in [-0.39, 0.29) is 61.5 Å². The van der Waals surface area contributed by atoms with E-state index in [1.165, 1.54) is 0 Å². The number of rotatable bonds is 4. The maximum Gasteiger partial charge on any atom is 0.496 e. The number of pyridine rings is 2. The van der Waals surface area contributed by atoms with Gasteiger partial charge in [-0.3, -0.25) is 9.97 Å². The van der Waals surface area contributed by atoms with Crippen LogP contribution < -0.4 is 22.4 Å². The molecule has 0 radical (unpaired) electrons. The third kappa shape index (κ3) is 6.99. The maximum atomic E-state index is 5.93. The number of hydrogen-bond donors (Lipinski definition) is 2. The first-order valence-electron chi connectivity index (χ1n) is 11.7. The highest BCUT2D eigenvalue weighted by Gasteiger charge is 2.52. The quantitative estimate of drug-likeness (QED) is 0.568. The summed E-state index contributed by atoms with van der Waals surface area (Å²) in [5.41, 5.74) is 13.4. The van der Waals surface area contributed by atoms with Crippen molar-refractivity contribution in [2.24, 2.45) is 11.5 Å². The zero-order valence-electron chi connectivity index (χ0n) is 22.5. The van der Waals surface area contributed by atoms with Gasteiger partial charge in [0.1, 0.15) is 0 Å². The summed E-state index contributed by atoms with van der Waals surface area (Å²) in [5, 5.41) is 0. The number of aromatic nitrogens is 2. The van der Waals surface area contributed by atoms with E-state index in [9.17, 15) is 0 Å². The molecule has 2 aromatic rings. The molecule has 0 spiro atoms. The van der Waals surface area contributed by atoms with Crippen molar-refractivity contribution < 1.29 is 18.6 Å². The zero-order valence-corrected chi connectivity index (χ0v) is 24.2. The van der Waals surface area contributed by atoms with E-state index in [1.807, 2.05) is 79.7 Å². The second kappa shape index (κ2) is 12.1. The van der Waals surface area contributed by atoms with Gasteiger partial charge in [0.15, 0.2) is 0 Å². The lowest BCUT2D eigenvalue weighted by molar-refractivity contribution is 0.00578. The van der Waals surface area contributed by atoms with Gasteiger partial charge in [-0.25, -0.2) is 0 Å². The van der Waals surface area contributed by atoms with E-state index < -0.39 is 0 Å². The van der Waals surface area contributed by atoms with Crippen LogP contribution in [0.3, 0.4) is 0 Å². The molecule has 0 aliphatic carbocycles. The van der Waals surface area contributed by atoms with Crippen LogP contribution in [0.15, 0.2) is 36.7 Å². The molecule has 4 N–H and O–H groups in total. The van der Waals surface area contributed by atoms with E-state index in [1.54, 1.807) is 12.4 Å². The molecule has 8 nitrogen and oxygen atoms in total. The van der Waals surface area contributed by atoms with Gasteiger partial charge in [0.25, 0.3) is 0 Å². The molecule has 0 atom stereocenters. The lowest BCUT2D eigenvalue weighted by Crippen LogP contribution is -2.41. The third-order valence-corrected chi connectivity index (χ3v) is 7.16. The fourth-order valence-corrected chi connectivity index (χ4v) is 3.35. The predicted molar refractivity (Wildman–Crippen MR) is 150 cm³/mol. The molecule has 4 rings (SSSR count). The number of nitrogens with zero attached hydrogens (tertiary/aromatic N) is 2. The highest BCUT2D eigenvalue weighted by molar-refractivity contribution is 6.62. The Kier molecular flexibility index (Phi) is 11.0. The molecule has 12 heteroatoms. The first kappa shape index (κ1) is 32.8. The fraction of sp³-hybridized carbons (Fsp3) is 0.583. The molecule has 2 fully saturated rings. The van der Waals surface area contributed by atoms with Gasteiger partial charge < -0.3 is 30.1 Å². The Hall–Kier alpha value is -1.23. The van der Waals surface area contributed by atoms with Crippen molar-refractivity contribution in [2.75, 3.05) is 0 Å². The highest BCUT2D eigenvalue weighted by atomic mass is 35.5. The van der Waals surface area contributed by atoms with Gasteiger partial charge in [0.05, 0.1) is 33.8 Å². The molecule has 4 heterocycles. The molecule has 2 aliphatic heterocycles. The van der Waals surface area contributed by atoms with Crippen LogP contribution in [0.5, 0.6) is 0 Å². The van der Waals surface area contributed by atoms with Crippen LogP contribution in [0, 0.1) is 0 Å². The monoisotopic (exact) mass is 540 g/mol. The average molecular weight is 541 g/mol. The van der Waals surface area contributed by atoms with Crippen LogP contribution >= 0.6 is 24.8 Å². The Morgan fingerprint density at radius 3 is 1.06 bits per heavy atom. The van der Waals surface area contributed by atoms with Gasteiger partial charge in [-0.05, 0) is 67.5 Å². The van der Waals surface area contributed by atoms with Crippen LogP contribution in [0.4, 0.5) is 0 Å². The molecule has 2 aromatic heterocycles. The zero-order chi connectivity index (χ0) is 25.4. The minimum atomic E-state index is -0.348. The minimum absolute atomic E-state index is 0. The van der Waals surface area contributed by atoms with Crippen LogP contribution in [-0.2, 0) is 31.7 Å². The van der Waals surface area contributed by atoms with Gasteiger partial charge in [-0.1, -0.05) is 12.1 Å². The van der Waals surface area contributed by atoms with Crippen molar-refractivity contribution >= 4 is 50.0 Å². The summed E-state index contributed by atoms with van der Waals surface area (Å²) in [6.07, 6.45) is 3.54. The molecule has 2 aliphatic rings. The standard InChI is InChI=1S/2C12H19BN2O2.2ClH/c2*1-11(2)12(3,4)17-13(16-11)9-5-6-10(7-14)15-8-9;;/h2*5-6,8H,7,14H2,1-4H3;2*1H. The van der Waals surface area contributed by atoms with Gasteiger partial charge in [-0.2, -0.15) is 0 Å². The predicted octanol–water partition coefficient (Wildman–Crippen LogP) is 2.52. The average Bonchev–Trinajstić information content (AvgIpc) is 3.14. The third-order valence-electron chi connectivity index (χ3n) is 7.16. The van der Waals surface area contributed by atoms with Crippen molar-refractivity contribution in [3.05, 3.63) is 48.0 Å². The van der Waals surface area contributed by atoms with Crippen molar-refractivity contribution in [3.63, 3.8) is 0 Å². The number of nitrogens with two attached hydrogens (primary N) is 2. The van der Waals surface area contributed by atoms with Crippen LogP contribution in [-0.4, -0.2) is 46.6 Å². The minimum Gasteiger partial charge on any atom is -0.399 e. The van der Waals surface area contributed by atoms with Crippen LogP contribution in [0.1, 0.15) is 66.8 Å². The van der Waals surface area contributed by atoms with Crippen molar-refractivity contribution in [2.45, 2.75) is 90.9 Å². The smallest absolute Gasteiger partial charge is 0.399 e. The Labute approximate surface area is 228 Å². The maximum absolute atomic E-state index is 5.93. The summed E-state index contributed by atoms with van der Waals surface area (Å²) in [6.45, 7) is 17.2. The molecular weight excluding hydrogens is 501 g/mol. The number of halogens is 2. The Morgan fingerprint density at radius 2 is 0.861 bits per heavy atom. The van der Waals surface area contributed by atoms with Crippen molar-refractivity contribution in [1.29, 1.82) is 0 Å². The molecule has 0 amide bonds. The van der Waals surface area contributed by atoms with Gasteiger partial charge in [-0.15, -0.1) is 24.8 Å². The van der Waals surface area contributed by atoms with E-state index in [2.05, 4.69) is 9.97 Å². The normalized spacial score (nSPS) is 20.6. The SMILES string of the molecule is CC1(C)OB(c2ccc(CN)nc2)OC1(C)C.CC1(C)OB(c2ccc(CN)nc2)OC1(C)C.Cl.Cl. The summed E-state index contributed by atoms with van der Waals surface area (Å²) in [7, 11) is -0.696. The molecule has 0 bridgehead atoms. The fourth-order valence-electron chi connectivity index (χ4n) is 3.35. The van der Waals surface area contributed by atoms with Gasteiger partial charge in [0, 0.05) is 36.4 Å². The lowest BCUT2D eigenvalue weighted by atomic mass is 9.80. The largest absolute Gasteiger partial charge is 0.496 e. The molecular formula is C24H40B2Cl2N4O4. The molecule has 0 unspecified atom stereocenters. The second-order valence-corrected chi connectivity index (χ2v) is 10.8. The van der Waals surface area contributed by atoms with Gasteiger partial charge >= 0.3 is 14.2 Å². The van der Waals surface area contributed by atoms with E-state index in [4.69, 9.17) is 30.1 Å². The summed E-state index contributed by atoms with van der Waals surface area (Å²) in [4.78, 5) is 8.50. The van der Waals surface area contributed by atoms with Crippen molar-refractivity contribution in [1.82, 2.24) is 9.97 Å². The summed E-state index contributed by atoms with van der Waals surface area (Å²) < 4.78 is 23.7.